The highest BCUT2D eigenvalue weighted by Gasteiger charge is 2.44. The maximum Gasteiger partial charge on any atom is 0.165 e. The molecule has 0 radical (unpaired) electrons. The van der Waals surface area contributed by atoms with Crippen LogP contribution in [-0.2, 0) is 0 Å². The predicted octanol–water partition coefficient (Wildman–Crippen LogP) is 1.39. The van der Waals surface area contributed by atoms with Crippen LogP contribution in [0.25, 0.3) is 0 Å². The molecule has 1 aromatic heterocycles. The smallest absolute Gasteiger partial charge is 0.165 e. The number of nitriles is 1. The molecule has 2 rings (SSSR count). The summed E-state index contributed by atoms with van der Waals surface area (Å²) in [5.74, 6) is 1.26. The normalized spacial score (nSPS) is 19.5. The molecule has 4 nitrogen and oxygen atoms in total. The van der Waals surface area contributed by atoms with Crippen molar-refractivity contribution in [3.63, 3.8) is 0 Å². The van der Waals surface area contributed by atoms with E-state index < -0.39 is 0 Å². The number of hydrogen-bond donors (Lipinski definition) is 2. The topological polar surface area (TPSA) is 64.5 Å². The second kappa shape index (κ2) is 4.25. The molecule has 0 spiro atoms. The lowest BCUT2D eigenvalue weighted by atomic mass is 9.98. The SMILES string of the molecule is CNC(C#N)(CSc1ncc[nH]1)C1CC1. The molecule has 1 atom stereocenters. The van der Waals surface area contributed by atoms with Crippen LogP contribution in [0.1, 0.15) is 12.8 Å². The van der Waals surface area contributed by atoms with E-state index in [1.807, 2.05) is 7.05 Å². The van der Waals surface area contributed by atoms with Crippen LogP contribution < -0.4 is 5.32 Å². The van der Waals surface area contributed by atoms with Crippen molar-refractivity contribution in [2.75, 3.05) is 12.8 Å². The zero-order valence-electron chi connectivity index (χ0n) is 8.66. The average Bonchev–Trinajstić information content (AvgIpc) is 2.99. The van der Waals surface area contributed by atoms with E-state index >= 15 is 0 Å². The molecule has 1 aromatic rings. The van der Waals surface area contributed by atoms with Gasteiger partial charge in [0, 0.05) is 18.1 Å². The molecule has 0 amide bonds. The number of hydrogen-bond acceptors (Lipinski definition) is 4. The Balaban J connectivity index is 1.98. The van der Waals surface area contributed by atoms with Crippen LogP contribution in [-0.4, -0.2) is 28.3 Å². The summed E-state index contributed by atoms with van der Waals surface area (Å²) in [5.41, 5.74) is -0.378. The summed E-state index contributed by atoms with van der Waals surface area (Å²) < 4.78 is 0. The first kappa shape index (κ1) is 10.5. The van der Waals surface area contributed by atoms with E-state index in [9.17, 15) is 5.26 Å². The van der Waals surface area contributed by atoms with Crippen molar-refractivity contribution in [2.45, 2.75) is 23.5 Å². The monoisotopic (exact) mass is 222 g/mol. The number of aromatic nitrogens is 2. The van der Waals surface area contributed by atoms with E-state index in [1.165, 1.54) is 0 Å². The molecule has 1 saturated carbocycles. The van der Waals surface area contributed by atoms with Gasteiger partial charge in [-0.05, 0) is 25.8 Å². The van der Waals surface area contributed by atoms with Crippen molar-refractivity contribution >= 4 is 11.8 Å². The largest absolute Gasteiger partial charge is 0.340 e. The fraction of sp³-hybridized carbons (Fsp3) is 0.600. The molecular weight excluding hydrogens is 208 g/mol. The Kier molecular flexibility index (Phi) is 2.98. The first-order valence-corrected chi connectivity index (χ1v) is 6.01. The van der Waals surface area contributed by atoms with Gasteiger partial charge in [0.05, 0.1) is 6.07 Å². The zero-order valence-corrected chi connectivity index (χ0v) is 9.47. The van der Waals surface area contributed by atoms with Crippen LogP contribution in [0.4, 0.5) is 0 Å². The minimum atomic E-state index is -0.378. The number of nitrogens with zero attached hydrogens (tertiary/aromatic N) is 2. The first-order chi connectivity index (χ1) is 7.30. The fourth-order valence-electron chi connectivity index (χ4n) is 1.66. The van der Waals surface area contributed by atoms with Gasteiger partial charge >= 0.3 is 0 Å². The van der Waals surface area contributed by atoms with Crippen molar-refractivity contribution in [1.29, 1.82) is 5.26 Å². The average molecular weight is 222 g/mol. The van der Waals surface area contributed by atoms with E-state index in [0.29, 0.717) is 5.92 Å². The lowest BCUT2D eigenvalue weighted by Crippen LogP contribution is -2.46. The Morgan fingerprint density at radius 2 is 2.60 bits per heavy atom. The van der Waals surface area contributed by atoms with Crippen LogP contribution in [0.5, 0.6) is 0 Å². The highest BCUT2D eigenvalue weighted by atomic mass is 32.2. The quantitative estimate of drug-likeness (QED) is 0.739. The van der Waals surface area contributed by atoms with E-state index in [2.05, 4.69) is 21.4 Å². The zero-order chi connectivity index (χ0) is 10.7. The number of imidazole rings is 1. The molecule has 15 heavy (non-hydrogen) atoms. The molecule has 1 unspecified atom stereocenters. The number of aromatic amines is 1. The van der Waals surface area contributed by atoms with E-state index in [4.69, 9.17) is 0 Å². The summed E-state index contributed by atoms with van der Waals surface area (Å²) in [6.45, 7) is 0. The standard InChI is InChI=1S/C10H14N4S/c1-12-10(6-11,8-2-3-8)7-15-9-13-4-5-14-9/h4-5,8,12H,2-3,7H2,1H3,(H,13,14). The maximum atomic E-state index is 9.26. The van der Waals surface area contributed by atoms with Crippen LogP contribution in [0.3, 0.4) is 0 Å². The van der Waals surface area contributed by atoms with Gasteiger partial charge in [-0.2, -0.15) is 5.26 Å². The van der Waals surface area contributed by atoms with Gasteiger partial charge in [0.1, 0.15) is 5.54 Å². The van der Waals surface area contributed by atoms with Crippen molar-refractivity contribution in [3.05, 3.63) is 12.4 Å². The Labute approximate surface area is 93.5 Å². The Morgan fingerprint density at radius 1 is 1.80 bits per heavy atom. The van der Waals surface area contributed by atoms with Crippen molar-refractivity contribution in [3.8, 4) is 6.07 Å². The second-order valence-corrected chi connectivity index (χ2v) is 4.75. The molecule has 5 heteroatoms. The van der Waals surface area contributed by atoms with E-state index in [-0.39, 0.29) is 5.54 Å². The molecule has 0 saturated heterocycles. The lowest BCUT2D eigenvalue weighted by Gasteiger charge is -2.24. The summed E-state index contributed by atoms with van der Waals surface area (Å²) in [6, 6.07) is 2.42. The van der Waals surface area contributed by atoms with Gasteiger partial charge < -0.3 is 10.3 Å². The van der Waals surface area contributed by atoms with Crippen LogP contribution in [0, 0.1) is 17.2 Å². The van der Waals surface area contributed by atoms with Crippen molar-refractivity contribution in [2.24, 2.45) is 5.92 Å². The van der Waals surface area contributed by atoms with Crippen LogP contribution in [0.15, 0.2) is 17.6 Å². The third kappa shape index (κ3) is 2.16. The van der Waals surface area contributed by atoms with Gasteiger partial charge in [0.2, 0.25) is 0 Å². The van der Waals surface area contributed by atoms with Crippen molar-refractivity contribution < 1.29 is 0 Å². The van der Waals surface area contributed by atoms with Crippen molar-refractivity contribution in [1.82, 2.24) is 15.3 Å². The summed E-state index contributed by atoms with van der Waals surface area (Å²) in [6.07, 6.45) is 5.85. The summed E-state index contributed by atoms with van der Waals surface area (Å²) >= 11 is 1.60. The molecular formula is C10H14N4S. The number of nitrogens with one attached hydrogen (secondary N) is 2. The number of rotatable bonds is 5. The van der Waals surface area contributed by atoms with E-state index in [1.54, 1.807) is 24.2 Å². The van der Waals surface area contributed by atoms with Crippen LogP contribution >= 0.6 is 11.8 Å². The highest BCUT2D eigenvalue weighted by molar-refractivity contribution is 7.99. The molecule has 1 aliphatic carbocycles. The first-order valence-electron chi connectivity index (χ1n) is 5.03. The molecule has 1 heterocycles. The molecule has 2 N–H and O–H groups in total. The number of thioether (sulfide) groups is 1. The third-order valence-electron chi connectivity index (χ3n) is 2.83. The predicted molar refractivity (Wildman–Crippen MR) is 59.4 cm³/mol. The van der Waals surface area contributed by atoms with Gasteiger partial charge in [-0.15, -0.1) is 0 Å². The summed E-state index contributed by atoms with van der Waals surface area (Å²) in [7, 11) is 1.87. The molecule has 80 valence electrons. The lowest BCUT2D eigenvalue weighted by molar-refractivity contribution is 0.441. The highest BCUT2D eigenvalue weighted by Crippen LogP contribution is 2.41. The van der Waals surface area contributed by atoms with Gasteiger partial charge in [-0.25, -0.2) is 4.98 Å². The Hall–Kier alpha value is -0.990. The maximum absolute atomic E-state index is 9.26. The molecule has 1 aliphatic rings. The van der Waals surface area contributed by atoms with E-state index in [0.717, 1.165) is 23.8 Å². The van der Waals surface area contributed by atoms with Gasteiger partial charge in [0.15, 0.2) is 5.16 Å². The molecule has 1 fully saturated rings. The van der Waals surface area contributed by atoms with Crippen LogP contribution in [0.2, 0.25) is 0 Å². The summed E-state index contributed by atoms with van der Waals surface area (Å²) in [4.78, 5) is 7.17. The third-order valence-corrected chi connectivity index (χ3v) is 3.93. The molecule has 0 aromatic carbocycles. The minimum absolute atomic E-state index is 0.378. The Morgan fingerprint density at radius 3 is 3.07 bits per heavy atom. The van der Waals surface area contributed by atoms with Gasteiger partial charge in [0.25, 0.3) is 0 Å². The molecule has 0 aliphatic heterocycles. The minimum Gasteiger partial charge on any atom is -0.340 e. The second-order valence-electron chi connectivity index (χ2n) is 3.79. The molecule has 0 bridgehead atoms. The fourth-order valence-corrected chi connectivity index (χ4v) is 2.76. The van der Waals surface area contributed by atoms with Gasteiger partial charge in [-0.1, -0.05) is 11.8 Å². The van der Waals surface area contributed by atoms with Gasteiger partial charge in [-0.3, -0.25) is 0 Å². The Bertz CT molecular complexity index is 352. The summed E-state index contributed by atoms with van der Waals surface area (Å²) in [5, 5.41) is 13.3. The number of H-pyrrole nitrogens is 1.